The van der Waals surface area contributed by atoms with Crippen LogP contribution in [-0.2, 0) is 9.59 Å². The molecule has 0 saturated carbocycles. The molecule has 0 radical (unpaired) electrons. The van der Waals surface area contributed by atoms with Crippen LogP contribution in [0.25, 0.3) is 0 Å². The SMILES string of the molecule is CCCCNC(=O)CN1C(=O)C(C)Oc2ccc(C(N)CC)cc21. The molecule has 0 aliphatic carbocycles. The summed E-state index contributed by atoms with van der Waals surface area (Å²) in [5.41, 5.74) is 7.64. The van der Waals surface area contributed by atoms with E-state index < -0.39 is 6.10 Å². The fourth-order valence-corrected chi connectivity index (χ4v) is 2.66. The zero-order valence-electron chi connectivity index (χ0n) is 14.7. The van der Waals surface area contributed by atoms with Gasteiger partial charge in [0.05, 0.1) is 5.69 Å². The van der Waals surface area contributed by atoms with Gasteiger partial charge in [0.15, 0.2) is 6.10 Å². The molecule has 24 heavy (non-hydrogen) atoms. The molecule has 0 saturated heterocycles. The maximum atomic E-state index is 12.5. The largest absolute Gasteiger partial charge is 0.479 e. The molecule has 2 atom stereocenters. The van der Waals surface area contributed by atoms with E-state index in [0.29, 0.717) is 18.0 Å². The van der Waals surface area contributed by atoms with Crippen LogP contribution in [0.15, 0.2) is 18.2 Å². The summed E-state index contributed by atoms with van der Waals surface area (Å²) in [6, 6.07) is 5.48. The number of nitrogens with one attached hydrogen (secondary N) is 1. The Kier molecular flexibility index (Phi) is 6.20. The Bertz CT molecular complexity index is 603. The number of nitrogens with two attached hydrogens (primary N) is 1. The molecule has 2 rings (SSSR count). The van der Waals surface area contributed by atoms with Gasteiger partial charge in [-0.2, -0.15) is 0 Å². The van der Waals surface area contributed by atoms with Crippen molar-refractivity contribution in [2.75, 3.05) is 18.0 Å². The molecule has 1 aliphatic rings. The minimum Gasteiger partial charge on any atom is -0.479 e. The lowest BCUT2D eigenvalue weighted by molar-refractivity contribution is -0.128. The van der Waals surface area contributed by atoms with E-state index in [9.17, 15) is 9.59 Å². The zero-order valence-corrected chi connectivity index (χ0v) is 14.7. The Hall–Kier alpha value is -2.08. The Morgan fingerprint density at radius 2 is 2.17 bits per heavy atom. The first-order chi connectivity index (χ1) is 11.5. The molecule has 1 aromatic rings. The second kappa shape index (κ2) is 8.15. The van der Waals surface area contributed by atoms with Crippen molar-refractivity contribution in [3.8, 4) is 5.75 Å². The summed E-state index contributed by atoms with van der Waals surface area (Å²) in [6.45, 7) is 6.38. The smallest absolute Gasteiger partial charge is 0.268 e. The number of nitrogens with zero attached hydrogens (tertiary/aromatic N) is 1. The fourth-order valence-electron chi connectivity index (χ4n) is 2.66. The maximum Gasteiger partial charge on any atom is 0.268 e. The lowest BCUT2D eigenvalue weighted by Crippen LogP contribution is -2.49. The normalized spacial score (nSPS) is 17.9. The summed E-state index contributed by atoms with van der Waals surface area (Å²) >= 11 is 0. The molecular formula is C18H27N3O3. The monoisotopic (exact) mass is 333 g/mol. The lowest BCUT2D eigenvalue weighted by Gasteiger charge is -2.33. The van der Waals surface area contributed by atoms with Crippen LogP contribution in [0.4, 0.5) is 5.69 Å². The van der Waals surface area contributed by atoms with Crippen LogP contribution < -0.4 is 20.7 Å². The second-order valence-electron chi connectivity index (χ2n) is 6.13. The molecule has 132 valence electrons. The van der Waals surface area contributed by atoms with Crippen molar-refractivity contribution in [2.45, 2.75) is 52.2 Å². The van der Waals surface area contributed by atoms with Gasteiger partial charge in [-0.05, 0) is 37.5 Å². The van der Waals surface area contributed by atoms with Crippen LogP contribution in [0.3, 0.4) is 0 Å². The molecule has 3 N–H and O–H groups in total. The number of anilines is 1. The Balaban J connectivity index is 2.23. The minimum absolute atomic E-state index is 0.00589. The Labute approximate surface area is 143 Å². The first-order valence-corrected chi connectivity index (χ1v) is 8.62. The van der Waals surface area contributed by atoms with Gasteiger partial charge in [-0.15, -0.1) is 0 Å². The first kappa shape index (κ1) is 18.3. The highest BCUT2D eigenvalue weighted by molar-refractivity contribution is 6.03. The molecule has 6 nitrogen and oxygen atoms in total. The number of benzene rings is 1. The summed E-state index contributed by atoms with van der Waals surface area (Å²) in [5, 5.41) is 2.85. The lowest BCUT2D eigenvalue weighted by atomic mass is 10.0. The highest BCUT2D eigenvalue weighted by Gasteiger charge is 2.33. The first-order valence-electron chi connectivity index (χ1n) is 8.62. The molecule has 2 amide bonds. The van der Waals surface area contributed by atoms with Gasteiger partial charge in [0.1, 0.15) is 12.3 Å². The summed E-state index contributed by atoms with van der Waals surface area (Å²) in [7, 11) is 0. The minimum atomic E-state index is -0.605. The van der Waals surface area contributed by atoms with E-state index in [2.05, 4.69) is 12.2 Å². The van der Waals surface area contributed by atoms with Crippen molar-refractivity contribution in [3.63, 3.8) is 0 Å². The molecule has 1 aromatic carbocycles. The predicted octanol–water partition coefficient (Wildman–Crippen LogP) is 2.13. The number of carbonyl (C=O) groups excluding carboxylic acids is 2. The van der Waals surface area contributed by atoms with Gasteiger partial charge in [-0.1, -0.05) is 26.3 Å². The standard InChI is InChI=1S/C18H27N3O3/c1-4-6-9-20-17(22)11-21-15-10-13(14(19)5-2)7-8-16(15)24-12(3)18(21)23/h7-8,10,12,14H,4-6,9,11,19H2,1-3H3,(H,20,22). The molecule has 0 fully saturated rings. The van der Waals surface area contributed by atoms with E-state index in [1.165, 1.54) is 4.90 Å². The van der Waals surface area contributed by atoms with Gasteiger partial charge in [-0.3, -0.25) is 14.5 Å². The fraction of sp³-hybridized carbons (Fsp3) is 0.556. The van der Waals surface area contributed by atoms with Crippen LogP contribution in [0, 0.1) is 0 Å². The number of carbonyl (C=O) groups is 2. The number of fused-ring (bicyclic) bond motifs is 1. The number of ether oxygens (including phenoxy) is 1. The summed E-state index contributed by atoms with van der Waals surface area (Å²) < 4.78 is 5.66. The van der Waals surface area contributed by atoms with Gasteiger partial charge in [0.2, 0.25) is 5.91 Å². The molecular weight excluding hydrogens is 306 g/mol. The van der Waals surface area contributed by atoms with E-state index in [1.807, 2.05) is 25.1 Å². The van der Waals surface area contributed by atoms with Crippen molar-refractivity contribution in [3.05, 3.63) is 23.8 Å². The molecule has 6 heteroatoms. The van der Waals surface area contributed by atoms with Crippen LogP contribution in [0.5, 0.6) is 5.75 Å². The van der Waals surface area contributed by atoms with Crippen LogP contribution >= 0.6 is 0 Å². The van der Waals surface area contributed by atoms with Crippen molar-refractivity contribution in [1.82, 2.24) is 5.32 Å². The van der Waals surface area contributed by atoms with Crippen LogP contribution in [0.1, 0.15) is 51.6 Å². The van der Waals surface area contributed by atoms with Crippen LogP contribution in [-0.4, -0.2) is 31.0 Å². The highest BCUT2D eigenvalue weighted by atomic mass is 16.5. The van der Waals surface area contributed by atoms with Crippen LogP contribution in [0.2, 0.25) is 0 Å². The van der Waals surface area contributed by atoms with Crippen molar-refractivity contribution in [2.24, 2.45) is 5.73 Å². The number of amides is 2. The van der Waals surface area contributed by atoms with E-state index in [0.717, 1.165) is 24.8 Å². The average Bonchev–Trinajstić information content (AvgIpc) is 2.58. The average molecular weight is 333 g/mol. The van der Waals surface area contributed by atoms with Crippen molar-refractivity contribution < 1.29 is 14.3 Å². The summed E-state index contributed by atoms with van der Waals surface area (Å²) in [6.07, 6.45) is 2.12. The molecule has 1 aliphatic heterocycles. The van der Waals surface area contributed by atoms with Gasteiger partial charge >= 0.3 is 0 Å². The van der Waals surface area contributed by atoms with Gasteiger partial charge in [0, 0.05) is 12.6 Å². The highest BCUT2D eigenvalue weighted by Crippen LogP contribution is 2.36. The maximum absolute atomic E-state index is 12.5. The van der Waals surface area contributed by atoms with Gasteiger partial charge in [-0.25, -0.2) is 0 Å². The second-order valence-corrected chi connectivity index (χ2v) is 6.13. The van der Waals surface area contributed by atoms with Crippen molar-refractivity contribution in [1.29, 1.82) is 0 Å². The van der Waals surface area contributed by atoms with Gasteiger partial charge in [0.25, 0.3) is 5.91 Å². The third kappa shape index (κ3) is 4.06. The van der Waals surface area contributed by atoms with E-state index in [1.54, 1.807) is 6.92 Å². The topological polar surface area (TPSA) is 84.7 Å². The molecule has 2 unspecified atom stereocenters. The van der Waals surface area contributed by atoms with E-state index in [4.69, 9.17) is 10.5 Å². The van der Waals surface area contributed by atoms with Crippen molar-refractivity contribution >= 4 is 17.5 Å². The third-order valence-corrected chi connectivity index (χ3v) is 4.21. The third-order valence-electron chi connectivity index (χ3n) is 4.21. The predicted molar refractivity (Wildman–Crippen MR) is 94.0 cm³/mol. The van der Waals surface area contributed by atoms with Gasteiger partial charge < -0.3 is 15.8 Å². The Morgan fingerprint density at radius 1 is 1.42 bits per heavy atom. The Morgan fingerprint density at radius 3 is 2.83 bits per heavy atom. The number of rotatable bonds is 7. The number of unbranched alkanes of at least 4 members (excludes halogenated alkanes) is 1. The molecule has 1 heterocycles. The molecule has 0 bridgehead atoms. The number of hydrogen-bond acceptors (Lipinski definition) is 4. The summed E-state index contributed by atoms with van der Waals surface area (Å²) in [5.74, 6) is 0.230. The number of hydrogen-bond donors (Lipinski definition) is 2. The molecule has 0 spiro atoms. The van der Waals surface area contributed by atoms with E-state index in [-0.39, 0.29) is 24.4 Å². The zero-order chi connectivity index (χ0) is 17.7. The summed E-state index contributed by atoms with van der Waals surface area (Å²) in [4.78, 5) is 26.1. The quantitative estimate of drug-likeness (QED) is 0.749. The molecule has 0 aromatic heterocycles. The van der Waals surface area contributed by atoms with E-state index >= 15 is 0 Å².